The van der Waals surface area contributed by atoms with Crippen molar-refractivity contribution in [2.75, 3.05) is 6.61 Å². The van der Waals surface area contributed by atoms with Crippen molar-refractivity contribution < 1.29 is 24.5 Å². The summed E-state index contributed by atoms with van der Waals surface area (Å²) in [6.45, 7) is 6.37. The molecule has 0 rings (SSSR count). The molecule has 0 bridgehead atoms. The summed E-state index contributed by atoms with van der Waals surface area (Å²) in [5.74, 6) is -0.532. The van der Waals surface area contributed by atoms with Crippen molar-refractivity contribution in [1.29, 1.82) is 0 Å². The molecule has 0 fully saturated rings. The van der Waals surface area contributed by atoms with E-state index in [0.717, 1.165) is 83.5 Å². The molecule has 0 spiro atoms. The molecule has 66 heavy (non-hydrogen) atoms. The average Bonchev–Trinajstić information content (AvgIpc) is 3.31. The van der Waals surface area contributed by atoms with E-state index in [1.54, 1.807) is 0 Å². The summed E-state index contributed by atoms with van der Waals surface area (Å²) in [5.41, 5.74) is 0. The maximum absolute atomic E-state index is 13.2. The Balaban J connectivity index is 4.59. The van der Waals surface area contributed by atoms with Crippen LogP contribution in [0.15, 0.2) is 60.8 Å². The Hall–Kier alpha value is -2.44. The Kier molecular flexibility index (Phi) is 51.5. The van der Waals surface area contributed by atoms with Gasteiger partial charge in [0.05, 0.1) is 25.2 Å². The molecule has 3 unspecified atom stereocenters. The minimum atomic E-state index is -0.805. The largest absolute Gasteiger partial charge is 0.462 e. The summed E-state index contributed by atoms with van der Waals surface area (Å²) < 4.78 is 5.92. The Labute approximate surface area is 409 Å². The van der Waals surface area contributed by atoms with Crippen LogP contribution in [0.2, 0.25) is 0 Å². The number of esters is 1. The highest BCUT2D eigenvalue weighted by molar-refractivity contribution is 5.77. The van der Waals surface area contributed by atoms with E-state index in [1.807, 2.05) is 0 Å². The first kappa shape index (κ1) is 63.6. The molecule has 384 valence electrons. The number of carbonyl (C=O) groups excluding carboxylic acids is 2. The molecule has 0 aliphatic rings. The highest BCUT2D eigenvalue weighted by atomic mass is 16.5. The molecule has 3 N–H and O–H groups in total. The summed E-state index contributed by atoms with van der Waals surface area (Å²) in [6, 6.07) is -0.722. The smallest absolute Gasteiger partial charge is 0.306 e. The molecular formula is C60H109NO5. The molecule has 0 aliphatic heterocycles. The van der Waals surface area contributed by atoms with Crippen molar-refractivity contribution in [3.05, 3.63) is 60.8 Å². The van der Waals surface area contributed by atoms with Crippen LogP contribution in [0, 0.1) is 0 Å². The molecule has 0 saturated carbocycles. The van der Waals surface area contributed by atoms with E-state index in [2.05, 4.69) is 86.8 Å². The average molecular weight is 925 g/mol. The number of ether oxygens (including phenoxy) is 1. The number of carbonyl (C=O) groups is 2. The molecular weight excluding hydrogens is 815 g/mol. The van der Waals surface area contributed by atoms with E-state index in [-0.39, 0.29) is 24.9 Å². The SMILES string of the molecule is CC/C=C/C/C=C/C/C=C/C/C=C/CCCC(CC(=O)NC(CO)C(O)CCCCCCCCCCCCCCCCCCC)OC(=O)CCCCCCC/C=C/CCCCCCCCC. The number of aliphatic hydroxyl groups excluding tert-OH is 2. The van der Waals surface area contributed by atoms with Crippen LogP contribution in [0.4, 0.5) is 0 Å². The van der Waals surface area contributed by atoms with E-state index in [1.165, 1.54) is 154 Å². The number of rotatable bonds is 51. The minimum Gasteiger partial charge on any atom is -0.462 e. The van der Waals surface area contributed by atoms with Gasteiger partial charge in [0, 0.05) is 6.42 Å². The summed E-state index contributed by atoms with van der Waals surface area (Å²) >= 11 is 0. The third-order valence-electron chi connectivity index (χ3n) is 12.8. The molecule has 6 nitrogen and oxygen atoms in total. The van der Waals surface area contributed by atoms with Crippen molar-refractivity contribution in [2.45, 2.75) is 302 Å². The van der Waals surface area contributed by atoms with Crippen LogP contribution >= 0.6 is 0 Å². The molecule has 0 saturated heterocycles. The van der Waals surface area contributed by atoms with Gasteiger partial charge in [0.2, 0.25) is 5.91 Å². The van der Waals surface area contributed by atoms with E-state index in [9.17, 15) is 19.8 Å². The predicted molar refractivity (Wildman–Crippen MR) is 287 cm³/mol. The molecule has 0 heterocycles. The van der Waals surface area contributed by atoms with Crippen LogP contribution in [0.3, 0.4) is 0 Å². The molecule has 6 heteroatoms. The van der Waals surface area contributed by atoms with Crippen LogP contribution in [0.25, 0.3) is 0 Å². The monoisotopic (exact) mass is 924 g/mol. The zero-order valence-corrected chi connectivity index (χ0v) is 43.8. The lowest BCUT2D eigenvalue weighted by atomic mass is 10.0. The number of unbranched alkanes of at least 4 members (excludes halogenated alkanes) is 29. The third kappa shape index (κ3) is 48.0. The molecule has 0 aliphatic carbocycles. The van der Waals surface area contributed by atoms with Gasteiger partial charge in [-0.3, -0.25) is 9.59 Å². The van der Waals surface area contributed by atoms with Gasteiger partial charge in [-0.2, -0.15) is 0 Å². The van der Waals surface area contributed by atoms with Crippen molar-refractivity contribution in [3.63, 3.8) is 0 Å². The van der Waals surface area contributed by atoms with Gasteiger partial charge in [0.15, 0.2) is 0 Å². The fourth-order valence-corrected chi connectivity index (χ4v) is 8.54. The lowest BCUT2D eigenvalue weighted by Crippen LogP contribution is -2.46. The van der Waals surface area contributed by atoms with Gasteiger partial charge >= 0.3 is 5.97 Å². The summed E-state index contributed by atoms with van der Waals surface area (Å²) in [6.07, 6.45) is 67.2. The molecule has 0 radical (unpaired) electrons. The highest BCUT2D eigenvalue weighted by Gasteiger charge is 2.24. The lowest BCUT2D eigenvalue weighted by molar-refractivity contribution is -0.151. The molecule has 0 aromatic carbocycles. The van der Waals surface area contributed by atoms with Gasteiger partial charge in [-0.25, -0.2) is 0 Å². The van der Waals surface area contributed by atoms with Crippen LogP contribution in [-0.2, 0) is 14.3 Å². The van der Waals surface area contributed by atoms with E-state index < -0.39 is 18.2 Å². The number of aliphatic hydroxyl groups is 2. The second-order valence-corrected chi connectivity index (χ2v) is 19.3. The van der Waals surface area contributed by atoms with Crippen LogP contribution in [0.5, 0.6) is 0 Å². The van der Waals surface area contributed by atoms with Crippen molar-refractivity contribution >= 4 is 11.9 Å². The zero-order valence-electron chi connectivity index (χ0n) is 43.8. The maximum Gasteiger partial charge on any atom is 0.306 e. The molecule has 3 atom stereocenters. The number of amides is 1. The van der Waals surface area contributed by atoms with Crippen LogP contribution in [-0.4, -0.2) is 46.9 Å². The van der Waals surface area contributed by atoms with Crippen molar-refractivity contribution in [1.82, 2.24) is 5.32 Å². The summed E-state index contributed by atoms with van der Waals surface area (Å²) in [4.78, 5) is 26.2. The topological polar surface area (TPSA) is 95.9 Å². The quantitative estimate of drug-likeness (QED) is 0.0321. The Bertz CT molecular complexity index is 1170. The molecule has 0 aromatic heterocycles. The zero-order chi connectivity index (χ0) is 48.1. The standard InChI is InChI=1S/C60H109NO5/c1-4-7-10-13-16-19-22-25-28-30-31-34-37-40-43-46-49-52-58(63)57(55-62)61-59(64)54-56(51-48-45-42-39-36-33-27-24-21-18-15-12-9-6-3)66-60(65)53-50-47-44-41-38-35-32-29-26-23-20-17-14-11-8-5-2/h9,12,18,21,27,29,32-33,39,42,56-58,62-63H,4-8,10-11,13-17,19-20,22-26,28,30-31,34-38,40-41,43-55H2,1-3H3,(H,61,64)/b12-9+,21-18+,32-29+,33-27+,42-39+. The van der Waals surface area contributed by atoms with Crippen molar-refractivity contribution in [3.8, 4) is 0 Å². The van der Waals surface area contributed by atoms with Gasteiger partial charge in [-0.15, -0.1) is 0 Å². The van der Waals surface area contributed by atoms with Gasteiger partial charge in [-0.05, 0) is 83.5 Å². The van der Waals surface area contributed by atoms with Gasteiger partial charge in [0.1, 0.15) is 6.10 Å². The fraction of sp³-hybridized carbons (Fsp3) is 0.800. The maximum atomic E-state index is 13.2. The Morgan fingerprint density at radius 2 is 0.833 bits per heavy atom. The van der Waals surface area contributed by atoms with Crippen LogP contribution < -0.4 is 5.32 Å². The van der Waals surface area contributed by atoms with Gasteiger partial charge < -0.3 is 20.3 Å². The van der Waals surface area contributed by atoms with E-state index >= 15 is 0 Å². The first-order valence-corrected chi connectivity index (χ1v) is 28.5. The number of hydrogen-bond donors (Lipinski definition) is 3. The predicted octanol–water partition coefficient (Wildman–Crippen LogP) is 17.6. The summed E-state index contributed by atoms with van der Waals surface area (Å²) in [5, 5.41) is 23.9. The second kappa shape index (κ2) is 53.5. The molecule has 0 aromatic rings. The lowest BCUT2D eigenvalue weighted by Gasteiger charge is -2.24. The second-order valence-electron chi connectivity index (χ2n) is 19.3. The summed E-state index contributed by atoms with van der Waals surface area (Å²) in [7, 11) is 0. The number of allylic oxidation sites excluding steroid dienone is 10. The first-order chi connectivity index (χ1) is 32.5. The van der Waals surface area contributed by atoms with Gasteiger partial charge in [0.25, 0.3) is 0 Å². The number of nitrogens with one attached hydrogen (secondary N) is 1. The first-order valence-electron chi connectivity index (χ1n) is 28.5. The highest BCUT2D eigenvalue weighted by Crippen LogP contribution is 2.18. The Morgan fingerprint density at radius 1 is 0.455 bits per heavy atom. The minimum absolute atomic E-state index is 0.0365. The van der Waals surface area contributed by atoms with E-state index in [0.29, 0.717) is 19.3 Å². The Morgan fingerprint density at radius 3 is 1.29 bits per heavy atom. The number of hydrogen-bond acceptors (Lipinski definition) is 5. The van der Waals surface area contributed by atoms with Crippen LogP contribution in [0.1, 0.15) is 284 Å². The van der Waals surface area contributed by atoms with Crippen molar-refractivity contribution in [2.24, 2.45) is 0 Å². The fourth-order valence-electron chi connectivity index (χ4n) is 8.54. The third-order valence-corrected chi connectivity index (χ3v) is 12.8. The molecule has 1 amide bonds. The van der Waals surface area contributed by atoms with Gasteiger partial charge in [-0.1, -0.05) is 248 Å². The van der Waals surface area contributed by atoms with E-state index in [4.69, 9.17) is 4.74 Å². The normalized spacial score (nSPS) is 13.6.